The molecule has 0 atom stereocenters. The largest absolute Gasteiger partial charge is 0.352 e. The number of hydrogen-bond donors (Lipinski definition) is 2. The Labute approximate surface area is 169 Å². The van der Waals surface area contributed by atoms with Gasteiger partial charge in [-0.2, -0.15) is 0 Å². The highest BCUT2D eigenvalue weighted by atomic mass is 15.2. The van der Waals surface area contributed by atoms with Crippen molar-refractivity contribution in [3.63, 3.8) is 0 Å². The third-order valence-electron chi connectivity index (χ3n) is 5.29. The van der Waals surface area contributed by atoms with Crippen LogP contribution in [0.5, 0.6) is 0 Å². The molecule has 1 aliphatic heterocycles. The molecule has 5 heteroatoms. The van der Waals surface area contributed by atoms with E-state index >= 15 is 0 Å². The first kappa shape index (κ1) is 20.4. The van der Waals surface area contributed by atoms with Crippen molar-refractivity contribution in [1.82, 2.24) is 20.4 Å². The molecule has 1 saturated heterocycles. The predicted octanol–water partition coefficient (Wildman–Crippen LogP) is 2.61. The summed E-state index contributed by atoms with van der Waals surface area (Å²) in [6, 6.07) is 17.5. The highest BCUT2D eigenvalue weighted by Crippen LogP contribution is 2.10. The van der Waals surface area contributed by atoms with Crippen LogP contribution < -0.4 is 10.6 Å². The van der Waals surface area contributed by atoms with Gasteiger partial charge in [-0.25, -0.2) is 0 Å². The lowest BCUT2D eigenvalue weighted by atomic mass is 10.1. The number of nitrogens with zero attached hydrogens (tertiary/aromatic N) is 3. The van der Waals surface area contributed by atoms with E-state index in [4.69, 9.17) is 0 Å². The highest BCUT2D eigenvalue weighted by Gasteiger charge is 2.13. The Bertz CT molecular complexity index is 744. The van der Waals surface area contributed by atoms with Gasteiger partial charge in [-0.15, -0.1) is 0 Å². The zero-order valence-electron chi connectivity index (χ0n) is 17.4. The number of rotatable bonds is 6. The summed E-state index contributed by atoms with van der Waals surface area (Å²) in [6.45, 7) is 9.32. The van der Waals surface area contributed by atoms with Gasteiger partial charge in [0.1, 0.15) is 0 Å². The van der Waals surface area contributed by atoms with E-state index in [9.17, 15) is 0 Å². The first-order valence-electron chi connectivity index (χ1n) is 10.1. The molecule has 1 aliphatic rings. The molecule has 2 N–H and O–H groups in total. The molecule has 1 fully saturated rings. The van der Waals surface area contributed by atoms with Gasteiger partial charge in [0.05, 0.1) is 0 Å². The van der Waals surface area contributed by atoms with Gasteiger partial charge < -0.3 is 15.5 Å². The fraction of sp³-hybridized carbons (Fsp3) is 0.435. The molecule has 150 valence electrons. The number of hydrogen-bond acceptors (Lipinski definition) is 3. The molecule has 3 rings (SSSR count). The van der Waals surface area contributed by atoms with Gasteiger partial charge in [-0.1, -0.05) is 54.1 Å². The minimum atomic E-state index is 0.766. The Kier molecular flexibility index (Phi) is 7.46. The summed E-state index contributed by atoms with van der Waals surface area (Å²) < 4.78 is 0. The normalized spacial score (nSPS) is 16.2. The second-order valence-corrected chi connectivity index (χ2v) is 7.66. The first-order valence-corrected chi connectivity index (χ1v) is 10.1. The van der Waals surface area contributed by atoms with Crippen LogP contribution in [0.2, 0.25) is 0 Å². The van der Waals surface area contributed by atoms with E-state index in [-0.39, 0.29) is 0 Å². The zero-order chi connectivity index (χ0) is 19.8. The topological polar surface area (TPSA) is 42.9 Å². The Hall–Kier alpha value is -2.37. The SMILES string of the molecule is CN=C(NCc1ccc(C)cc1)NCc1ccc(CN2CCN(C)CC2)cc1. The zero-order valence-corrected chi connectivity index (χ0v) is 17.4. The fourth-order valence-electron chi connectivity index (χ4n) is 3.32. The predicted molar refractivity (Wildman–Crippen MR) is 117 cm³/mol. The average molecular weight is 380 g/mol. The quantitative estimate of drug-likeness (QED) is 0.598. The van der Waals surface area contributed by atoms with Crippen LogP contribution in [0.1, 0.15) is 22.3 Å². The number of guanidine groups is 1. The molecule has 0 aromatic heterocycles. The van der Waals surface area contributed by atoms with Crippen LogP contribution in [0.25, 0.3) is 0 Å². The van der Waals surface area contributed by atoms with Crippen molar-refractivity contribution < 1.29 is 0 Å². The summed E-state index contributed by atoms with van der Waals surface area (Å²) >= 11 is 0. The Morgan fingerprint density at radius 1 is 0.821 bits per heavy atom. The summed E-state index contributed by atoms with van der Waals surface area (Å²) in [7, 11) is 4.01. The molecule has 0 unspecified atom stereocenters. The van der Waals surface area contributed by atoms with Crippen molar-refractivity contribution in [3.05, 3.63) is 70.8 Å². The smallest absolute Gasteiger partial charge is 0.191 e. The van der Waals surface area contributed by atoms with Crippen LogP contribution in [0.3, 0.4) is 0 Å². The standard InChI is InChI=1S/C23H33N5/c1-19-4-6-20(7-5-19)16-25-23(24-2)26-17-21-8-10-22(11-9-21)18-28-14-12-27(3)13-15-28/h4-11H,12-18H2,1-3H3,(H2,24,25,26). The Morgan fingerprint density at radius 2 is 1.32 bits per heavy atom. The van der Waals surface area contributed by atoms with Crippen molar-refractivity contribution in [2.24, 2.45) is 4.99 Å². The van der Waals surface area contributed by atoms with E-state index in [1.807, 2.05) is 7.05 Å². The molecule has 28 heavy (non-hydrogen) atoms. The van der Waals surface area contributed by atoms with Gasteiger partial charge in [0.15, 0.2) is 5.96 Å². The number of benzene rings is 2. The van der Waals surface area contributed by atoms with Crippen LogP contribution in [0.15, 0.2) is 53.5 Å². The van der Waals surface area contributed by atoms with E-state index in [1.165, 1.54) is 22.3 Å². The molecule has 1 heterocycles. The maximum atomic E-state index is 4.32. The van der Waals surface area contributed by atoms with Crippen LogP contribution in [-0.2, 0) is 19.6 Å². The molecular weight excluding hydrogens is 346 g/mol. The van der Waals surface area contributed by atoms with Gasteiger partial charge in [0.25, 0.3) is 0 Å². The van der Waals surface area contributed by atoms with Crippen molar-refractivity contribution in [2.75, 3.05) is 40.3 Å². The number of likely N-dealkylation sites (N-methyl/N-ethyl adjacent to an activating group) is 1. The number of nitrogens with one attached hydrogen (secondary N) is 2. The van der Waals surface area contributed by atoms with E-state index in [2.05, 4.69) is 87.9 Å². The van der Waals surface area contributed by atoms with E-state index in [1.54, 1.807) is 0 Å². The molecule has 0 spiro atoms. The van der Waals surface area contributed by atoms with Gasteiger partial charge >= 0.3 is 0 Å². The van der Waals surface area contributed by atoms with E-state index in [0.29, 0.717) is 0 Å². The van der Waals surface area contributed by atoms with Gasteiger partial charge in [0, 0.05) is 52.9 Å². The van der Waals surface area contributed by atoms with Crippen LogP contribution in [0, 0.1) is 6.92 Å². The van der Waals surface area contributed by atoms with E-state index < -0.39 is 0 Å². The minimum Gasteiger partial charge on any atom is -0.352 e. The van der Waals surface area contributed by atoms with Gasteiger partial charge in [-0.05, 0) is 30.7 Å². The maximum absolute atomic E-state index is 4.32. The van der Waals surface area contributed by atoms with Crippen molar-refractivity contribution in [3.8, 4) is 0 Å². The molecular formula is C23H33N5. The average Bonchev–Trinajstić information content (AvgIpc) is 2.72. The molecule has 0 aliphatic carbocycles. The number of piperazine rings is 1. The molecule has 0 radical (unpaired) electrons. The van der Waals surface area contributed by atoms with Crippen LogP contribution >= 0.6 is 0 Å². The molecule has 0 bridgehead atoms. The second kappa shape index (κ2) is 10.2. The summed E-state index contributed by atoms with van der Waals surface area (Å²) in [5, 5.41) is 6.77. The van der Waals surface area contributed by atoms with Crippen molar-refractivity contribution in [2.45, 2.75) is 26.6 Å². The summed E-state index contributed by atoms with van der Waals surface area (Å²) in [5.41, 5.74) is 5.18. The number of aryl methyl sites for hydroxylation is 1. The lowest BCUT2D eigenvalue weighted by Crippen LogP contribution is -2.43. The Morgan fingerprint density at radius 3 is 1.86 bits per heavy atom. The maximum Gasteiger partial charge on any atom is 0.191 e. The third-order valence-corrected chi connectivity index (χ3v) is 5.29. The van der Waals surface area contributed by atoms with Gasteiger partial charge in [-0.3, -0.25) is 9.89 Å². The lowest BCUT2D eigenvalue weighted by Gasteiger charge is -2.32. The third kappa shape index (κ3) is 6.36. The summed E-state index contributed by atoms with van der Waals surface area (Å²) in [6.07, 6.45) is 0. The first-order chi connectivity index (χ1) is 13.6. The fourth-order valence-corrected chi connectivity index (χ4v) is 3.32. The molecule has 5 nitrogen and oxygen atoms in total. The Balaban J connectivity index is 1.43. The molecule has 2 aromatic rings. The van der Waals surface area contributed by atoms with Gasteiger partial charge in [0.2, 0.25) is 0 Å². The number of aliphatic imine (C=N–C) groups is 1. The van der Waals surface area contributed by atoms with E-state index in [0.717, 1.165) is 51.8 Å². The highest BCUT2D eigenvalue weighted by molar-refractivity contribution is 5.79. The monoisotopic (exact) mass is 379 g/mol. The molecule has 0 saturated carbocycles. The molecule has 2 aromatic carbocycles. The summed E-state index contributed by atoms with van der Waals surface area (Å²) in [4.78, 5) is 9.25. The van der Waals surface area contributed by atoms with Crippen molar-refractivity contribution >= 4 is 5.96 Å². The molecule has 0 amide bonds. The second-order valence-electron chi connectivity index (χ2n) is 7.66. The minimum absolute atomic E-state index is 0.766. The summed E-state index contributed by atoms with van der Waals surface area (Å²) in [5.74, 6) is 0.821. The van der Waals surface area contributed by atoms with Crippen molar-refractivity contribution in [1.29, 1.82) is 0 Å². The lowest BCUT2D eigenvalue weighted by molar-refractivity contribution is 0.148. The van der Waals surface area contributed by atoms with Crippen LogP contribution in [0.4, 0.5) is 0 Å². The van der Waals surface area contributed by atoms with Crippen LogP contribution in [-0.4, -0.2) is 56.0 Å².